The second-order valence-corrected chi connectivity index (χ2v) is 7.03. The van der Waals surface area contributed by atoms with Gasteiger partial charge in [0, 0.05) is 5.69 Å². The van der Waals surface area contributed by atoms with Gasteiger partial charge in [0.05, 0.1) is 17.1 Å². The van der Waals surface area contributed by atoms with Gasteiger partial charge in [0.15, 0.2) is 0 Å². The van der Waals surface area contributed by atoms with Crippen molar-refractivity contribution in [2.24, 2.45) is 0 Å². The van der Waals surface area contributed by atoms with Gasteiger partial charge in [-0.1, -0.05) is 56.6 Å². The van der Waals surface area contributed by atoms with Crippen molar-refractivity contribution < 1.29 is 14.0 Å². The molecule has 2 rings (SSSR count). The van der Waals surface area contributed by atoms with Gasteiger partial charge in [0.25, 0.3) is 5.91 Å². The molecular weight excluding hydrogens is 343 g/mol. The van der Waals surface area contributed by atoms with Gasteiger partial charge in [-0.25, -0.2) is 4.39 Å². The van der Waals surface area contributed by atoms with Crippen molar-refractivity contribution in [2.75, 3.05) is 11.9 Å². The minimum absolute atomic E-state index is 0.00372. The lowest BCUT2D eigenvalue weighted by Crippen LogP contribution is -2.34. The first-order valence-electron chi connectivity index (χ1n) is 7.81. The van der Waals surface area contributed by atoms with Crippen molar-refractivity contribution in [2.45, 2.75) is 26.2 Å². The van der Waals surface area contributed by atoms with E-state index in [9.17, 15) is 14.0 Å². The van der Waals surface area contributed by atoms with Crippen LogP contribution < -0.4 is 10.6 Å². The molecule has 0 bridgehead atoms. The van der Waals surface area contributed by atoms with Gasteiger partial charge in [-0.15, -0.1) is 0 Å². The SMILES string of the molecule is CC(C)(C)c1ccccc1NC(=O)CNC(=O)c1c(F)cccc1Cl. The highest BCUT2D eigenvalue weighted by molar-refractivity contribution is 6.33. The zero-order chi connectivity index (χ0) is 18.6. The lowest BCUT2D eigenvalue weighted by atomic mass is 9.86. The molecule has 0 saturated heterocycles. The van der Waals surface area contributed by atoms with Crippen LogP contribution >= 0.6 is 11.6 Å². The van der Waals surface area contributed by atoms with E-state index < -0.39 is 17.6 Å². The molecule has 2 aromatic carbocycles. The smallest absolute Gasteiger partial charge is 0.256 e. The molecule has 0 aromatic heterocycles. The summed E-state index contributed by atoms with van der Waals surface area (Å²) in [7, 11) is 0. The summed E-state index contributed by atoms with van der Waals surface area (Å²) in [6, 6.07) is 11.4. The molecule has 0 aliphatic rings. The van der Waals surface area contributed by atoms with Crippen LogP contribution in [0.15, 0.2) is 42.5 Å². The normalized spacial score (nSPS) is 11.1. The van der Waals surface area contributed by atoms with Crippen molar-refractivity contribution in [3.63, 3.8) is 0 Å². The molecule has 0 saturated carbocycles. The largest absolute Gasteiger partial charge is 0.343 e. The number of para-hydroxylation sites is 1. The minimum Gasteiger partial charge on any atom is -0.343 e. The van der Waals surface area contributed by atoms with Crippen LogP contribution in [-0.4, -0.2) is 18.4 Å². The summed E-state index contributed by atoms with van der Waals surface area (Å²) in [6.45, 7) is 5.84. The number of hydrogen-bond acceptors (Lipinski definition) is 2. The van der Waals surface area contributed by atoms with Crippen LogP contribution in [0, 0.1) is 5.82 Å². The molecule has 4 nitrogen and oxygen atoms in total. The summed E-state index contributed by atoms with van der Waals surface area (Å²) in [5, 5.41) is 5.15. The number of halogens is 2. The third-order valence-corrected chi connectivity index (χ3v) is 3.92. The number of amides is 2. The van der Waals surface area contributed by atoms with E-state index in [0.717, 1.165) is 11.6 Å². The molecule has 25 heavy (non-hydrogen) atoms. The maximum atomic E-state index is 13.7. The Labute approximate surface area is 151 Å². The van der Waals surface area contributed by atoms with Crippen LogP contribution in [0.5, 0.6) is 0 Å². The van der Waals surface area contributed by atoms with Crippen molar-refractivity contribution in [3.8, 4) is 0 Å². The second kappa shape index (κ2) is 7.66. The van der Waals surface area contributed by atoms with Gasteiger partial charge in [-0.05, 0) is 29.2 Å². The molecule has 0 fully saturated rings. The number of nitrogens with one attached hydrogen (secondary N) is 2. The van der Waals surface area contributed by atoms with Crippen LogP contribution in [-0.2, 0) is 10.2 Å². The monoisotopic (exact) mass is 362 g/mol. The fraction of sp³-hybridized carbons (Fsp3) is 0.263. The number of anilines is 1. The molecule has 0 aliphatic carbocycles. The summed E-state index contributed by atoms with van der Waals surface area (Å²) < 4.78 is 13.7. The van der Waals surface area contributed by atoms with Crippen LogP contribution in [0.4, 0.5) is 10.1 Å². The Balaban J connectivity index is 2.04. The van der Waals surface area contributed by atoms with Crippen LogP contribution in [0.3, 0.4) is 0 Å². The zero-order valence-corrected chi connectivity index (χ0v) is 15.1. The van der Waals surface area contributed by atoms with E-state index in [1.165, 1.54) is 12.1 Å². The van der Waals surface area contributed by atoms with Crippen LogP contribution in [0.2, 0.25) is 5.02 Å². The summed E-state index contributed by atoms with van der Waals surface area (Å²) in [6.07, 6.45) is 0. The highest BCUT2D eigenvalue weighted by Crippen LogP contribution is 2.29. The second-order valence-electron chi connectivity index (χ2n) is 6.62. The Kier molecular flexibility index (Phi) is 5.80. The quantitative estimate of drug-likeness (QED) is 0.858. The fourth-order valence-electron chi connectivity index (χ4n) is 2.40. The Morgan fingerprint density at radius 2 is 1.76 bits per heavy atom. The van der Waals surface area contributed by atoms with Crippen LogP contribution in [0.1, 0.15) is 36.7 Å². The van der Waals surface area contributed by atoms with E-state index in [0.29, 0.717) is 5.69 Å². The van der Waals surface area contributed by atoms with E-state index in [-0.39, 0.29) is 22.5 Å². The summed E-state index contributed by atoms with van der Waals surface area (Å²) in [5.74, 6) is -1.87. The Morgan fingerprint density at radius 1 is 1.08 bits per heavy atom. The average Bonchev–Trinajstić information content (AvgIpc) is 2.52. The predicted octanol–water partition coefficient (Wildman–Crippen LogP) is 4.15. The number of hydrogen-bond donors (Lipinski definition) is 2. The molecule has 0 heterocycles. The van der Waals surface area contributed by atoms with E-state index >= 15 is 0 Å². The first-order chi connectivity index (χ1) is 11.7. The Hall–Kier alpha value is -2.40. The molecule has 0 radical (unpaired) electrons. The summed E-state index contributed by atoms with van der Waals surface area (Å²) >= 11 is 5.84. The third kappa shape index (κ3) is 4.79. The number of carbonyl (C=O) groups excluding carboxylic acids is 2. The molecule has 0 unspecified atom stereocenters. The topological polar surface area (TPSA) is 58.2 Å². The molecule has 2 aromatic rings. The Bertz CT molecular complexity index is 780. The van der Waals surface area contributed by atoms with Crippen molar-refractivity contribution >= 4 is 29.1 Å². The number of carbonyl (C=O) groups is 2. The maximum Gasteiger partial charge on any atom is 0.256 e. The fourth-order valence-corrected chi connectivity index (χ4v) is 2.65. The molecule has 2 N–H and O–H groups in total. The van der Waals surface area contributed by atoms with Crippen molar-refractivity contribution in [1.82, 2.24) is 5.32 Å². The summed E-state index contributed by atoms with van der Waals surface area (Å²) in [4.78, 5) is 24.2. The van der Waals surface area contributed by atoms with Crippen molar-refractivity contribution in [3.05, 3.63) is 64.4 Å². The molecule has 2 amide bonds. The summed E-state index contributed by atoms with van der Waals surface area (Å²) in [5.41, 5.74) is 1.24. The van der Waals surface area contributed by atoms with Gasteiger partial charge < -0.3 is 10.6 Å². The van der Waals surface area contributed by atoms with E-state index in [4.69, 9.17) is 11.6 Å². The van der Waals surface area contributed by atoms with Gasteiger partial charge >= 0.3 is 0 Å². The average molecular weight is 363 g/mol. The van der Waals surface area contributed by atoms with Gasteiger partial charge in [0.1, 0.15) is 5.82 Å². The lowest BCUT2D eigenvalue weighted by Gasteiger charge is -2.23. The van der Waals surface area contributed by atoms with E-state index in [2.05, 4.69) is 10.6 Å². The Morgan fingerprint density at radius 3 is 2.40 bits per heavy atom. The van der Waals surface area contributed by atoms with Gasteiger partial charge in [0.2, 0.25) is 5.91 Å². The maximum absolute atomic E-state index is 13.7. The highest BCUT2D eigenvalue weighted by Gasteiger charge is 2.19. The highest BCUT2D eigenvalue weighted by atomic mass is 35.5. The van der Waals surface area contributed by atoms with E-state index in [1.807, 2.05) is 39.0 Å². The van der Waals surface area contributed by atoms with E-state index in [1.54, 1.807) is 6.07 Å². The zero-order valence-electron chi connectivity index (χ0n) is 14.3. The van der Waals surface area contributed by atoms with Gasteiger partial charge in [-0.3, -0.25) is 9.59 Å². The molecule has 132 valence electrons. The molecule has 0 atom stereocenters. The molecular formula is C19H20ClFN2O2. The molecule has 0 aliphatic heterocycles. The van der Waals surface area contributed by atoms with Gasteiger partial charge in [-0.2, -0.15) is 0 Å². The predicted molar refractivity (Wildman–Crippen MR) is 97.5 cm³/mol. The number of rotatable bonds is 4. The molecule has 6 heteroatoms. The number of benzene rings is 2. The first-order valence-corrected chi connectivity index (χ1v) is 8.19. The minimum atomic E-state index is -0.734. The standard InChI is InChI=1S/C19H20ClFN2O2/c1-19(2,3)12-7-4-5-10-15(12)23-16(24)11-22-18(25)17-13(20)8-6-9-14(17)21/h4-10H,11H2,1-3H3,(H,22,25)(H,23,24). The van der Waals surface area contributed by atoms with Crippen molar-refractivity contribution in [1.29, 1.82) is 0 Å². The lowest BCUT2D eigenvalue weighted by molar-refractivity contribution is -0.115. The molecule has 0 spiro atoms. The van der Waals surface area contributed by atoms with Crippen LogP contribution in [0.25, 0.3) is 0 Å². The third-order valence-electron chi connectivity index (χ3n) is 3.61. The first kappa shape index (κ1) is 18.9.